The zero-order valence-corrected chi connectivity index (χ0v) is 20.0. The van der Waals surface area contributed by atoms with Crippen molar-refractivity contribution < 1.29 is 19.0 Å². The van der Waals surface area contributed by atoms with Crippen molar-refractivity contribution in [3.05, 3.63) is 76.9 Å². The van der Waals surface area contributed by atoms with Crippen molar-refractivity contribution in [3.63, 3.8) is 0 Å². The van der Waals surface area contributed by atoms with E-state index in [4.69, 9.17) is 25.8 Å². The van der Waals surface area contributed by atoms with Gasteiger partial charge in [-0.2, -0.15) is 0 Å². The highest BCUT2D eigenvalue weighted by molar-refractivity contribution is 6.31. The van der Waals surface area contributed by atoms with E-state index < -0.39 is 0 Å². The van der Waals surface area contributed by atoms with Crippen LogP contribution in [0.4, 0.5) is 17.2 Å². The fraction of sp³-hybridized carbons (Fsp3) is 0.154. The number of rotatable bonds is 7. The Balaban J connectivity index is 1.68. The number of nitrogens with one attached hydrogen (secondary N) is 2. The Morgan fingerprint density at radius 1 is 0.882 bits per heavy atom. The molecule has 0 bridgehead atoms. The first-order chi connectivity index (χ1) is 16.4. The zero-order chi connectivity index (χ0) is 24.2. The quantitative estimate of drug-likeness (QED) is 0.329. The van der Waals surface area contributed by atoms with Crippen molar-refractivity contribution in [1.29, 1.82) is 0 Å². The number of methoxy groups -OCH3 is 3. The van der Waals surface area contributed by atoms with Crippen LogP contribution in [0.1, 0.15) is 15.9 Å². The second kappa shape index (κ2) is 9.89. The van der Waals surface area contributed by atoms with Gasteiger partial charge >= 0.3 is 0 Å². The van der Waals surface area contributed by atoms with Gasteiger partial charge in [0.05, 0.1) is 26.9 Å². The number of pyridine rings is 1. The van der Waals surface area contributed by atoms with Crippen molar-refractivity contribution in [2.45, 2.75) is 6.92 Å². The normalized spacial score (nSPS) is 10.6. The third kappa shape index (κ3) is 4.56. The lowest BCUT2D eigenvalue weighted by Gasteiger charge is -2.15. The van der Waals surface area contributed by atoms with E-state index in [1.54, 1.807) is 18.3 Å². The fourth-order valence-corrected chi connectivity index (χ4v) is 3.81. The number of benzene rings is 3. The Kier molecular flexibility index (Phi) is 6.75. The molecule has 1 amide bonds. The van der Waals surface area contributed by atoms with Gasteiger partial charge in [-0.3, -0.25) is 4.79 Å². The van der Waals surface area contributed by atoms with Gasteiger partial charge < -0.3 is 24.8 Å². The predicted octanol–water partition coefficient (Wildman–Crippen LogP) is 6.22. The number of ether oxygens (including phenoxy) is 3. The minimum Gasteiger partial charge on any atom is -0.493 e. The van der Waals surface area contributed by atoms with E-state index in [0.717, 1.165) is 22.0 Å². The average molecular weight is 478 g/mol. The molecule has 0 saturated carbocycles. The van der Waals surface area contributed by atoms with Gasteiger partial charge in [0.25, 0.3) is 5.91 Å². The van der Waals surface area contributed by atoms with E-state index in [1.807, 2.05) is 49.4 Å². The number of halogens is 1. The highest BCUT2D eigenvalue weighted by Gasteiger charge is 2.18. The first kappa shape index (κ1) is 23.2. The van der Waals surface area contributed by atoms with Gasteiger partial charge in [-0.05, 0) is 30.0 Å². The number of carbonyl (C=O) groups excluding carboxylic acids is 1. The number of aryl methyl sites for hydroxylation is 1. The molecule has 7 nitrogen and oxygen atoms in total. The van der Waals surface area contributed by atoms with E-state index in [2.05, 4.69) is 15.6 Å². The molecule has 1 heterocycles. The molecule has 0 unspecified atom stereocenters. The van der Waals surface area contributed by atoms with Crippen molar-refractivity contribution in [3.8, 4) is 17.2 Å². The summed E-state index contributed by atoms with van der Waals surface area (Å²) in [6.45, 7) is 1.95. The largest absolute Gasteiger partial charge is 0.493 e. The molecule has 0 spiro atoms. The van der Waals surface area contributed by atoms with Crippen LogP contribution in [0.15, 0.2) is 60.8 Å². The molecule has 0 fully saturated rings. The third-order valence-electron chi connectivity index (χ3n) is 5.40. The molecule has 34 heavy (non-hydrogen) atoms. The monoisotopic (exact) mass is 477 g/mol. The average Bonchev–Trinajstić information content (AvgIpc) is 2.85. The summed E-state index contributed by atoms with van der Waals surface area (Å²) in [6.07, 6.45) is 1.55. The summed E-state index contributed by atoms with van der Waals surface area (Å²) in [7, 11) is 4.57. The number of anilines is 3. The van der Waals surface area contributed by atoms with Gasteiger partial charge in [-0.15, -0.1) is 0 Å². The molecule has 3 aromatic carbocycles. The van der Waals surface area contributed by atoms with E-state index in [0.29, 0.717) is 39.3 Å². The molecule has 0 radical (unpaired) electrons. The van der Waals surface area contributed by atoms with Crippen LogP contribution in [0.25, 0.3) is 10.8 Å². The van der Waals surface area contributed by atoms with Gasteiger partial charge in [0.1, 0.15) is 5.82 Å². The lowest BCUT2D eigenvalue weighted by atomic mass is 10.1. The Hall–Kier alpha value is -3.97. The van der Waals surface area contributed by atoms with E-state index in [1.165, 1.54) is 21.3 Å². The van der Waals surface area contributed by atoms with Crippen LogP contribution in [0, 0.1) is 6.92 Å². The first-order valence-electron chi connectivity index (χ1n) is 10.5. The SMILES string of the molecule is COc1cc(NC(=O)c2cnc(Nc3ccc(C)c(Cl)c3)c3ccccc23)cc(OC)c1OC. The summed E-state index contributed by atoms with van der Waals surface area (Å²) in [5, 5.41) is 8.42. The number of hydrogen-bond donors (Lipinski definition) is 2. The van der Waals surface area contributed by atoms with Gasteiger partial charge in [-0.1, -0.05) is 41.9 Å². The lowest BCUT2D eigenvalue weighted by Crippen LogP contribution is -2.13. The van der Waals surface area contributed by atoms with Crippen molar-refractivity contribution in [1.82, 2.24) is 4.98 Å². The summed E-state index contributed by atoms with van der Waals surface area (Å²) >= 11 is 6.27. The molecule has 0 aliphatic heterocycles. The van der Waals surface area contributed by atoms with Crippen LogP contribution in [0.5, 0.6) is 17.2 Å². The zero-order valence-electron chi connectivity index (χ0n) is 19.2. The molecule has 0 aliphatic carbocycles. The van der Waals surface area contributed by atoms with Crippen LogP contribution in [-0.4, -0.2) is 32.2 Å². The topological polar surface area (TPSA) is 81.7 Å². The minimum atomic E-state index is -0.317. The molecule has 174 valence electrons. The van der Waals surface area contributed by atoms with Gasteiger partial charge in [0, 0.05) is 40.1 Å². The van der Waals surface area contributed by atoms with E-state index in [9.17, 15) is 4.79 Å². The van der Waals surface area contributed by atoms with Crippen LogP contribution in [0.2, 0.25) is 5.02 Å². The predicted molar refractivity (Wildman–Crippen MR) is 135 cm³/mol. The van der Waals surface area contributed by atoms with Crippen molar-refractivity contribution in [2.75, 3.05) is 32.0 Å². The maximum Gasteiger partial charge on any atom is 0.257 e. The molecular formula is C26H24ClN3O4. The number of fused-ring (bicyclic) bond motifs is 1. The molecule has 0 aliphatic rings. The number of amides is 1. The second-order valence-corrected chi connectivity index (χ2v) is 7.93. The van der Waals surface area contributed by atoms with Crippen LogP contribution in [-0.2, 0) is 0 Å². The standard InChI is InChI=1S/C26H24ClN3O4/c1-15-9-10-16(11-21(15)27)29-25-19-8-6-5-7-18(19)20(14-28-25)26(31)30-17-12-22(32-2)24(34-4)23(13-17)33-3/h5-14H,1-4H3,(H,28,29)(H,30,31). The van der Waals surface area contributed by atoms with Gasteiger partial charge in [0.15, 0.2) is 11.5 Å². The lowest BCUT2D eigenvalue weighted by molar-refractivity contribution is 0.102. The molecular weight excluding hydrogens is 454 g/mol. The van der Waals surface area contributed by atoms with E-state index in [-0.39, 0.29) is 5.91 Å². The van der Waals surface area contributed by atoms with Crippen LogP contribution in [0.3, 0.4) is 0 Å². The molecule has 4 aromatic rings. The fourth-order valence-electron chi connectivity index (χ4n) is 3.63. The van der Waals surface area contributed by atoms with Crippen LogP contribution >= 0.6 is 11.6 Å². The third-order valence-corrected chi connectivity index (χ3v) is 5.80. The second-order valence-electron chi connectivity index (χ2n) is 7.52. The summed E-state index contributed by atoms with van der Waals surface area (Å²) < 4.78 is 16.1. The number of nitrogens with zero attached hydrogens (tertiary/aromatic N) is 1. The van der Waals surface area contributed by atoms with Crippen molar-refractivity contribution in [2.24, 2.45) is 0 Å². The molecule has 2 N–H and O–H groups in total. The summed E-state index contributed by atoms with van der Waals surface area (Å²) in [6, 6.07) is 16.6. The Labute approximate surface area is 202 Å². The van der Waals surface area contributed by atoms with Crippen molar-refractivity contribution >= 4 is 45.5 Å². The Morgan fingerprint density at radius 2 is 1.56 bits per heavy atom. The summed E-state index contributed by atoms with van der Waals surface area (Å²) in [4.78, 5) is 17.8. The number of carbonyl (C=O) groups is 1. The number of aromatic nitrogens is 1. The first-order valence-corrected chi connectivity index (χ1v) is 10.8. The smallest absolute Gasteiger partial charge is 0.257 e. The molecule has 1 aromatic heterocycles. The Bertz CT molecular complexity index is 1350. The molecule has 8 heteroatoms. The maximum atomic E-state index is 13.2. The number of hydrogen-bond acceptors (Lipinski definition) is 6. The molecule has 4 rings (SSSR count). The summed E-state index contributed by atoms with van der Waals surface area (Å²) in [5.74, 6) is 1.64. The van der Waals surface area contributed by atoms with Gasteiger partial charge in [0.2, 0.25) is 5.75 Å². The highest BCUT2D eigenvalue weighted by atomic mass is 35.5. The maximum absolute atomic E-state index is 13.2. The van der Waals surface area contributed by atoms with E-state index >= 15 is 0 Å². The minimum absolute atomic E-state index is 0.317. The molecule has 0 atom stereocenters. The summed E-state index contributed by atoms with van der Waals surface area (Å²) in [5.41, 5.74) is 2.73. The Morgan fingerprint density at radius 3 is 2.18 bits per heavy atom. The van der Waals surface area contributed by atoms with Gasteiger partial charge in [-0.25, -0.2) is 4.98 Å². The molecule has 0 saturated heterocycles. The highest BCUT2D eigenvalue weighted by Crippen LogP contribution is 2.40. The van der Waals surface area contributed by atoms with Crippen LogP contribution < -0.4 is 24.8 Å².